The highest BCUT2D eigenvalue weighted by molar-refractivity contribution is 4.94. The van der Waals surface area contributed by atoms with Crippen LogP contribution in [0.3, 0.4) is 0 Å². The summed E-state index contributed by atoms with van der Waals surface area (Å²) in [5.74, 6) is 2.97. The van der Waals surface area contributed by atoms with Crippen LogP contribution in [0.2, 0.25) is 0 Å². The molecule has 1 saturated heterocycles. The Kier molecular flexibility index (Phi) is 4.66. The minimum absolute atomic E-state index is 0.401. The monoisotopic (exact) mass is 292 g/mol. The first-order chi connectivity index (χ1) is 9.90. The zero-order chi connectivity index (χ0) is 15.0. The van der Waals surface area contributed by atoms with Crippen molar-refractivity contribution in [3.63, 3.8) is 0 Å². The molecule has 2 heteroatoms. The van der Waals surface area contributed by atoms with Crippen molar-refractivity contribution in [2.45, 2.75) is 78.3 Å². The molecule has 2 aliphatic carbocycles. The molecular weight excluding hydrogens is 256 g/mol. The summed E-state index contributed by atoms with van der Waals surface area (Å²) < 4.78 is 0. The molecule has 1 heterocycles. The van der Waals surface area contributed by atoms with Crippen LogP contribution >= 0.6 is 0 Å². The lowest BCUT2D eigenvalue weighted by Gasteiger charge is -2.49. The van der Waals surface area contributed by atoms with E-state index in [9.17, 15) is 0 Å². The van der Waals surface area contributed by atoms with E-state index in [1.54, 1.807) is 0 Å². The van der Waals surface area contributed by atoms with Crippen LogP contribution in [-0.2, 0) is 0 Å². The molecule has 2 saturated carbocycles. The first kappa shape index (κ1) is 15.8. The number of likely N-dealkylation sites (tertiary alicyclic amines) is 1. The lowest BCUT2D eigenvalue weighted by molar-refractivity contribution is 0.0188. The molecule has 0 amide bonds. The van der Waals surface area contributed by atoms with Gasteiger partial charge in [0.25, 0.3) is 0 Å². The van der Waals surface area contributed by atoms with Gasteiger partial charge >= 0.3 is 0 Å². The van der Waals surface area contributed by atoms with Crippen LogP contribution in [0.5, 0.6) is 0 Å². The van der Waals surface area contributed by atoms with Crippen molar-refractivity contribution < 1.29 is 0 Å². The molecule has 3 aliphatic rings. The Hall–Kier alpha value is -0.0800. The largest absolute Gasteiger partial charge is 0.312 e. The van der Waals surface area contributed by atoms with Crippen molar-refractivity contribution in [3.8, 4) is 0 Å². The van der Waals surface area contributed by atoms with Gasteiger partial charge in [-0.3, -0.25) is 4.90 Å². The smallest absolute Gasteiger partial charge is 0.0198 e. The number of nitrogens with one attached hydrogen (secondary N) is 1. The summed E-state index contributed by atoms with van der Waals surface area (Å²) in [6.07, 6.45) is 8.85. The zero-order valence-electron chi connectivity index (χ0n) is 14.7. The number of rotatable bonds is 5. The molecule has 1 aliphatic heterocycles. The summed E-state index contributed by atoms with van der Waals surface area (Å²) in [5.41, 5.74) is 0.401. The second-order valence-electron chi connectivity index (χ2n) is 9.50. The van der Waals surface area contributed by atoms with Gasteiger partial charge in [0.15, 0.2) is 0 Å². The Labute approximate surface area is 132 Å². The third-order valence-corrected chi connectivity index (χ3v) is 5.89. The highest BCUT2D eigenvalue weighted by atomic mass is 15.2. The first-order valence-corrected chi connectivity index (χ1v) is 9.38. The molecule has 3 rings (SSSR count). The summed E-state index contributed by atoms with van der Waals surface area (Å²) in [4.78, 5) is 2.85. The van der Waals surface area contributed by atoms with Gasteiger partial charge in [-0.05, 0) is 48.9 Å². The minimum atomic E-state index is 0.401. The average Bonchev–Trinajstić information content (AvgIpc) is 3.17. The molecule has 2 nitrogen and oxygen atoms in total. The van der Waals surface area contributed by atoms with Crippen molar-refractivity contribution in [2.75, 3.05) is 19.6 Å². The van der Waals surface area contributed by atoms with Crippen LogP contribution in [0.25, 0.3) is 0 Å². The number of hydrogen-bond donors (Lipinski definition) is 1. The average molecular weight is 293 g/mol. The van der Waals surface area contributed by atoms with Crippen molar-refractivity contribution in [2.24, 2.45) is 23.2 Å². The molecule has 0 bridgehead atoms. The SMILES string of the molecule is CC1CCC1N1CC(CC2CC2)CC(NCC(C)(C)C)C1. The van der Waals surface area contributed by atoms with Crippen molar-refractivity contribution >= 4 is 0 Å². The lowest BCUT2D eigenvalue weighted by atomic mass is 9.77. The van der Waals surface area contributed by atoms with E-state index >= 15 is 0 Å². The van der Waals surface area contributed by atoms with Crippen molar-refractivity contribution in [1.82, 2.24) is 10.2 Å². The highest BCUT2D eigenvalue weighted by Crippen LogP contribution is 2.40. The third kappa shape index (κ3) is 4.45. The Morgan fingerprint density at radius 1 is 1.00 bits per heavy atom. The maximum atomic E-state index is 3.89. The minimum Gasteiger partial charge on any atom is -0.312 e. The zero-order valence-corrected chi connectivity index (χ0v) is 14.7. The second kappa shape index (κ2) is 6.20. The van der Waals surface area contributed by atoms with Gasteiger partial charge in [0.05, 0.1) is 0 Å². The summed E-state index contributed by atoms with van der Waals surface area (Å²) in [5, 5.41) is 3.89. The van der Waals surface area contributed by atoms with Crippen LogP contribution in [0.4, 0.5) is 0 Å². The number of hydrogen-bond acceptors (Lipinski definition) is 2. The van der Waals surface area contributed by atoms with Gasteiger partial charge in [-0.15, -0.1) is 0 Å². The molecule has 0 spiro atoms. The van der Waals surface area contributed by atoms with Crippen molar-refractivity contribution in [1.29, 1.82) is 0 Å². The summed E-state index contributed by atoms with van der Waals surface area (Å²) in [6.45, 7) is 13.3. The molecule has 1 N–H and O–H groups in total. The molecule has 0 aromatic heterocycles. The Morgan fingerprint density at radius 3 is 2.29 bits per heavy atom. The molecule has 3 fully saturated rings. The summed E-state index contributed by atoms with van der Waals surface area (Å²) in [7, 11) is 0. The van der Waals surface area contributed by atoms with Crippen LogP contribution in [0.15, 0.2) is 0 Å². The van der Waals surface area contributed by atoms with Gasteiger partial charge < -0.3 is 5.32 Å². The van der Waals surface area contributed by atoms with E-state index in [4.69, 9.17) is 0 Å². The topological polar surface area (TPSA) is 15.3 Å². The predicted octanol–water partition coefficient (Wildman–Crippen LogP) is 3.91. The Morgan fingerprint density at radius 2 is 1.76 bits per heavy atom. The second-order valence-corrected chi connectivity index (χ2v) is 9.50. The van der Waals surface area contributed by atoms with E-state index < -0.39 is 0 Å². The molecule has 21 heavy (non-hydrogen) atoms. The van der Waals surface area contributed by atoms with E-state index in [1.165, 1.54) is 51.6 Å². The van der Waals surface area contributed by atoms with Gasteiger partial charge in [0, 0.05) is 31.7 Å². The van der Waals surface area contributed by atoms with Crippen LogP contribution in [0, 0.1) is 23.2 Å². The predicted molar refractivity (Wildman–Crippen MR) is 90.5 cm³/mol. The molecule has 0 radical (unpaired) electrons. The number of piperidine rings is 1. The van der Waals surface area contributed by atoms with Gasteiger partial charge in [-0.1, -0.05) is 40.5 Å². The normalized spacial score (nSPS) is 38.3. The Bertz CT molecular complexity index is 342. The highest BCUT2D eigenvalue weighted by Gasteiger charge is 2.39. The molecule has 0 aromatic rings. The van der Waals surface area contributed by atoms with Gasteiger partial charge in [0.1, 0.15) is 0 Å². The van der Waals surface area contributed by atoms with E-state index in [0.29, 0.717) is 5.41 Å². The van der Waals surface area contributed by atoms with Crippen LogP contribution in [0.1, 0.15) is 66.2 Å². The Balaban J connectivity index is 1.56. The fraction of sp³-hybridized carbons (Fsp3) is 1.00. The quantitative estimate of drug-likeness (QED) is 0.826. The van der Waals surface area contributed by atoms with Gasteiger partial charge in [-0.25, -0.2) is 0 Å². The van der Waals surface area contributed by atoms with Gasteiger partial charge in [0.2, 0.25) is 0 Å². The van der Waals surface area contributed by atoms with E-state index in [-0.39, 0.29) is 0 Å². The molecule has 4 atom stereocenters. The fourth-order valence-electron chi connectivity index (χ4n) is 4.30. The molecular formula is C19H36N2. The molecule has 122 valence electrons. The summed E-state index contributed by atoms with van der Waals surface area (Å²) in [6, 6.07) is 1.63. The van der Waals surface area contributed by atoms with Crippen LogP contribution in [-0.4, -0.2) is 36.6 Å². The first-order valence-electron chi connectivity index (χ1n) is 9.38. The van der Waals surface area contributed by atoms with E-state index in [1.807, 2.05) is 0 Å². The maximum Gasteiger partial charge on any atom is 0.0198 e. The maximum absolute atomic E-state index is 3.89. The van der Waals surface area contributed by atoms with E-state index in [2.05, 4.69) is 37.9 Å². The van der Waals surface area contributed by atoms with Crippen LogP contribution < -0.4 is 5.32 Å². The molecule has 0 aromatic carbocycles. The number of nitrogens with zero attached hydrogens (tertiary/aromatic N) is 1. The van der Waals surface area contributed by atoms with Crippen molar-refractivity contribution in [3.05, 3.63) is 0 Å². The fourth-order valence-corrected chi connectivity index (χ4v) is 4.30. The molecule has 4 unspecified atom stereocenters. The van der Waals surface area contributed by atoms with Gasteiger partial charge in [-0.2, -0.15) is 0 Å². The summed E-state index contributed by atoms with van der Waals surface area (Å²) >= 11 is 0. The third-order valence-electron chi connectivity index (χ3n) is 5.89. The lowest BCUT2D eigenvalue weighted by Crippen LogP contribution is -2.57. The standard InChI is InChI=1S/C19H36N2/c1-14-5-8-18(14)21-11-16(9-15-6-7-15)10-17(12-21)20-13-19(2,3)4/h14-18,20H,5-13H2,1-4H3. The van der Waals surface area contributed by atoms with E-state index in [0.717, 1.165) is 36.4 Å².